The smallest absolute Gasteiger partial charge is 0.456 e. The van der Waals surface area contributed by atoms with Gasteiger partial charge in [-0.1, -0.05) is 26.7 Å². The molecular weight excluding hydrogens is 863 g/mol. The molecule has 2 unspecified atom stereocenters. The molecule has 33 heteroatoms. The van der Waals surface area contributed by atoms with E-state index < -0.39 is 101 Å². The van der Waals surface area contributed by atoms with Gasteiger partial charge in [-0.25, -0.2) is 46.2 Å². The Bertz CT molecular complexity index is 2120. The quantitative estimate of drug-likeness (QED) is 0.0111. The predicted octanol–water partition coefficient (Wildman–Crippen LogP) is 2.62. The van der Waals surface area contributed by atoms with Crippen LogP contribution < -0.4 is 11.1 Å². The summed E-state index contributed by atoms with van der Waals surface area (Å²) in [5.41, 5.74) is 11.0. The summed E-state index contributed by atoms with van der Waals surface area (Å²) in [6.07, 6.45) is -4.83. The van der Waals surface area contributed by atoms with Crippen molar-refractivity contribution in [2.75, 3.05) is 30.4 Å². The van der Waals surface area contributed by atoms with Crippen LogP contribution in [0, 0.1) is 23.3 Å². The molecule has 1 aromatic carbocycles. The highest BCUT2D eigenvalue weighted by atomic mass is 33.1. The van der Waals surface area contributed by atoms with Gasteiger partial charge in [0.2, 0.25) is 0 Å². The highest BCUT2D eigenvalue weighted by Gasteiger charge is 2.49. The monoisotopic (exact) mass is 887 g/mol. The Hall–Kier alpha value is -3.43. The van der Waals surface area contributed by atoms with Gasteiger partial charge in [0.05, 0.1) is 19.4 Å². The molecule has 4 rings (SSSR count). The van der Waals surface area contributed by atoms with E-state index in [9.17, 15) is 55.7 Å². The molecule has 6 atom stereocenters. The van der Waals surface area contributed by atoms with Crippen LogP contribution >= 0.6 is 45.1 Å². The standard InChI is InChI=1S/C22H24F4N9O15P3S2/c23-11-10(12(24)14(26)15(13(11)25)33-34-28)21(38)29-2-4-55-54-3-1-9(36)48-18-8(5-46-52(42,43)50-53(44,45)49-51(39,40)41)47-22(17(18)37)35-7-32-16-19(27)30-6-31-20(16)35/h6-8,17-18,22,37H,1-5H2,(H,29,38)(H,42,43)(H,44,45)(H2,27,30,31)(H2,39,40,41)/t8-,17-,18-,22-/m1/s1. The minimum absolute atomic E-state index is 0.000339. The van der Waals surface area contributed by atoms with Crippen LogP contribution in [0.15, 0.2) is 17.8 Å². The number of esters is 1. The molecule has 1 aliphatic heterocycles. The molecule has 0 aliphatic carbocycles. The Morgan fingerprint density at radius 1 is 1.02 bits per heavy atom. The van der Waals surface area contributed by atoms with E-state index in [2.05, 4.69) is 38.1 Å². The number of nitrogens with two attached hydrogens (primary N) is 1. The van der Waals surface area contributed by atoms with Gasteiger partial charge in [0.1, 0.15) is 35.3 Å². The number of amides is 1. The number of aliphatic hydroxyl groups excluding tert-OH is 1. The number of ether oxygens (including phenoxy) is 2. The van der Waals surface area contributed by atoms with Crippen molar-refractivity contribution in [2.45, 2.75) is 31.0 Å². The molecule has 1 fully saturated rings. The maximum atomic E-state index is 14.2. The molecular formula is C22H24F4N9O15P3S2. The Morgan fingerprint density at radius 3 is 2.31 bits per heavy atom. The van der Waals surface area contributed by atoms with Crippen LogP contribution in [-0.2, 0) is 41.1 Å². The van der Waals surface area contributed by atoms with E-state index in [0.717, 1.165) is 38.8 Å². The van der Waals surface area contributed by atoms with Gasteiger partial charge in [-0.05, 0) is 5.53 Å². The summed E-state index contributed by atoms with van der Waals surface area (Å²) in [6.45, 7) is -1.41. The molecule has 0 bridgehead atoms. The first-order valence-corrected chi connectivity index (χ1v) is 21.3. The lowest BCUT2D eigenvalue weighted by Gasteiger charge is -2.22. The highest BCUT2D eigenvalue weighted by Crippen LogP contribution is 2.66. The van der Waals surface area contributed by atoms with Crippen molar-refractivity contribution >= 4 is 79.6 Å². The SMILES string of the molecule is [N-]=[N+]=Nc1c(F)c(F)c(C(=O)NCCSSCCC(=O)O[C@H]2[C@@H](O)[C@H](n3cnc4c(N)ncnc43)O[C@@H]2COP(=O)(O)OP(=O)(O)OP(=O)(O)O)c(F)c1F. The van der Waals surface area contributed by atoms with Crippen molar-refractivity contribution < 1.29 is 88.1 Å². The molecule has 0 spiro atoms. The predicted molar refractivity (Wildman–Crippen MR) is 176 cm³/mol. The highest BCUT2D eigenvalue weighted by molar-refractivity contribution is 8.76. The number of imidazole rings is 1. The van der Waals surface area contributed by atoms with Crippen molar-refractivity contribution in [1.82, 2.24) is 24.8 Å². The molecule has 8 N–H and O–H groups in total. The first-order valence-electron chi connectivity index (χ1n) is 14.3. The van der Waals surface area contributed by atoms with Crippen molar-refractivity contribution in [2.24, 2.45) is 5.11 Å². The second kappa shape index (κ2) is 18.2. The Morgan fingerprint density at radius 2 is 1.67 bits per heavy atom. The summed E-state index contributed by atoms with van der Waals surface area (Å²) >= 11 is 0. The van der Waals surface area contributed by atoms with E-state index in [-0.39, 0.29) is 41.5 Å². The minimum Gasteiger partial charge on any atom is -0.456 e. The number of aromatic nitrogens is 4. The van der Waals surface area contributed by atoms with Crippen molar-refractivity contribution in [3.63, 3.8) is 0 Å². The van der Waals surface area contributed by atoms with Gasteiger partial charge >= 0.3 is 29.4 Å². The van der Waals surface area contributed by atoms with E-state index in [1.807, 2.05) is 5.32 Å². The Labute approximate surface area is 310 Å². The molecule has 3 aromatic rings. The zero-order chi connectivity index (χ0) is 40.9. The van der Waals surface area contributed by atoms with Gasteiger partial charge in [-0.3, -0.25) is 18.7 Å². The fourth-order valence-corrected chi connectivity index (χ4v) is 9.36. The van der Waals surface area contributed by atoms with Crippen LogP contribution in [0.2, 0.25) is 0 Å². The third kappa shape index (κ3) is 11.3. The van der Waals surface area contributed by atoms with Gasteiger partial charge < -0.3 is 45.2 Å². The van der Waals surface area contributed by atoms with E-state index in [1.54, 1.807) is 0 Å². The molecule has 2 aromatic heterocycles. The zero-order valence-corrected chi connectivity index (χ0v) is 31.0. The fourth-order valence-electron chi connectivity index (χ4n) is 4.46. The Balaban J connectivity index is 1.34. The number of carbonyl (C=O) groups excluding carboxylic acids is 2. The number of nitrogens with one attached hydrogen (secondary N) is 1. The number of aliphatic hydroxyl groups is 1. The van der Waals surface area contributed by atoms with E-state index in [4.69, 9.17) is 30.5 Å². The third-order valence-electron chi connectivity index (χ3n) is 6.61. The molecule has 0 saturated carbocycles. The normalized spacial score (nSPS) is 20.7. The van der Waals surface area contributed by atoms with Gasteiger partial charge in [0.25, 0.3) is 5.91 Å². The van der Waals surface area contributed by atoms with Gasteiger partial charge in [-0.15, -0.1) is 0 Å². The van der Waals surface area contributed by atoms with Gasteiger partial charge in [0, 0.05) is 23.0 Å². The number of anilines is 1. The molecule has 0 radical (unpaired) electrons. The maximum Gasteiger partial charge on any atom is 0.490 e. The zero-order valence-electron chi connectivity index (χ0n) is 26.7. The summed E-state index contributed by atoms with van der Waals surface area (Å²) in [4.78, 5) is 75.5. The number of halogens is 4. The number of hydrogen-bond donors (Lipinski definition) is 7. The number of hydrogen-bond acceptors (Lipinski definition) is 18. The summed E-state index contributed by atoms with van der Waals surface area (Å²) in [5.74, 6) is -10.9. The van der Waals surface area contributed by atoms with E-state index in [0.29, 0.717) is 0 Å². The van der Waals surface area contributed by atoms with Crippen LogP contribution in [0.5, 0.6) is 0 Å². The number of phosphoric acid groups is 3. The average molecular weight is 888 g/mol. The second-order valence-electron chi connectivity index (χ2n) is 10.3. The Kier molecular flexibility index (Phi) is 14.7. The molecule has 302 valence electrons. The number of rotatable bonds is 18. The van der Waals surface area contributed by atoms with Crippen molar-refractivity contribution in [1.29, 1.82) is 0 Å². The van der Waals surface area contributed by atoms with E-state index >= 15 is 0 Å². The van der Waals surface area contributed by atoms with Crippen LogP contribution in [0.1, 0.15) is 23.0 Å². The molecule has 3 heterocycles. The first-order chi connectivity index (χ1) is 25.7. The third-order valence-corrected chi connectivity index (χ3v) is 12.8. The van der Waals surface area contributed by atoms with Gasteiger partial charge in [0.15, 0.2) is 47.1 Å². The first kappa shape index (κ1) is 44.3. The molecule has 1 amide bonds. The number of nitrogens with zero attached hydrogens (tertiary/aromatic N) is 7. The molecule has 1 aliphatic rings. The summed E-state index contributed by atoms with van der Waals surface area (Å²) in [6, 6.07) is 0. The largest absolute Gasteiger partial charge is 0.490 e. The molecule has 1 saturated heterocycles. The number of azide groups is 1. The summed E-state index contributed by atoms with van der Waals surface area (Å²) < 4.78 is 115. The summed E-state index contributed by atoms with van der Waals surface area (Å²) in [5, 5.41) is 15.7. The number of fused-ring (bicyclic) bond motifs is 1. The topological polar surface area (TPSA) is 363 Å². The summed E-state index contributed by atoms with van der Waals surface area (Å²) in [7, 11) is -15.2. The fraction of sp³-hybridized carbons (Fsp3) is 0.409. The van der Waals surface area contributed by atoms with Crippen molar-refractivity contribution in [3.8, 4) is 0 Å². The second-order valence-corrected chi connectivity index (χ2v) is 17.4. The van der Waals surface area contributed by atoms with Crippen LogP contribution in [0.3, 0.4) is 0 Å². The van der Waals surface area contributed by atoms with Crippen molar-refractivity contribution in [3.05, 3.63) is 51.9 Å². The van der Waals surface area contributed by atoms with Crippen LogP contribution in [0.25, 0.3) is 21.6 Å². The lowest BCUT2D eigenvalue weighted by molar-refractivity contribution is -0.155. The lowest BCUT2D eigenvalue weighted by Crippen LogP contribution is -2.38. The molecule has 24 nitrogen and oxygen atoms in total. The maximum absolute atomic E-state index is 14.2. The number of benzene rings is 1. The number of phosphoric ester groups is 1. The number of nitrogen functional groups attached to an aromatic ring is 1. The van der Waals surface area contributed by atoms with E-state index in [1.165, 1.54) is 0 Å². The van der Waals surface area contributed by atoms with Crippen LogP contribution in [0.4, 0.5) is 29.1 Å². The van der Waals surface area contributed by atoms with Crippen LogP contribution in [-0.4, -0.2) is 99.0 Å². The number of carbonyl (C=O) groups is 2. The average Bonchev–Trinajstić information content (AvgIpc) is 3.64. The minimum atomic E-state index is -5.90. The van der Waals surface area contributed by atoms with Gasteiger partial charge in [-0.2, -0.15) is 8.62 Å². The molecule has 55 heavy (non-hydrogen) atoms. The lowest BCUT2D eigenvalue weighted by atomic mass is 10.1.